The summed E-state index contributed by atoms with van der Waals surface area (Å²) >= 11 is 0. The quantitative estimate of drug-likeness (QED) is 0.421. The molecule has 0 aliphatic carbocycles. The van der Waals surface area contributed by atoms with Gasteiger partial charge in [-0.1, -0.05) is 25.5 Å². The third-order valence-electron chi connectivity index (χ3n) is 5.14. The van der Waals surface area contributed by atoms with Crippen LogP contribution in [0.3, 0.4) is 0 Å². The number of nitrogens with zero attached hydrogens (tertiary/aromatic N) is 1. The van der Waals surface area contributed by atoms with E-state index in [4.69, 9.17) is 9.47 Å². The molecule has 30 heavy (non-hydrogen) atoms. The number of ether oxygens (including phenoxy) is 2. The van der Waals surface area contributed by atoms with E-state index in [2.05, 4.69) is 0 Å². The Bertz CT molecular complexity index is 984. The van der Waals surface area contributed by atoms with Crippen molar-refractivity contribution in [3.63, 3.8) is 0 Å². The summed E-state index contributed by atoms with van der Waals surface area (Å²) in [4.78, 5) is 27.2. The van der Waals surface area contributed by atoms with Crippen LogP contribution in [0, 0.1) is 5.82 Å². The number of hydrogen-bond donors (Lipinski definition) is 1. The van der Waals surface area contributed by atoms with Crippen LogP contribution in [0.2, 0.25) is 0 Å². The maximum Gasteiger partial charge on any atom is 0.295 e. The maximum absolute atomic E-state index is 13.5. The summed E-state index contributed by atoms with van der Waals surface area (Å²) < 4.78 is 24.0. The van der Waals surface area contributed by atoms with E-state index in [-0.39, 0.29) is 16.9 Å². The molecule has 0 bridgehead atoms. The Kier molecular flexibility index (Phi) is 6.40. The highest BCUT2D eigenvalue weighted by Gasteiger charge is 2.46. The molecule has 1 fully saturated rings. The second kappa shape index (κ2) is 8.98. The summed E-state index contributed by atoms with van der Waals surface area (Å²) in [6.45, 7) is 2.32. The van der Waals surface area contributed by atoms with Gasteiger partial charge in [-0.25, -0.2) is 4.39 Å². The van der Waals surface area contributed by atoms with Gasteiger partial charge in [-0.05, 0) is 42.3 Å². The number of unbranched alkanes of at least 4 members (excludes halogenated alkanes) is 1. The number of Topliss-reactive ketones (excluding diaryl/α,β-unsaturated/α-hetero) is 1. The van der Waals surface area contributed by atoms with Gasteiger partial charge in [-0.3, -0.25) is 9.59 Å². The van der Waals surface area contributed by atoms with Gasteiger partial charge in [0.2, 0.25) is 0 Å². The number of likely N-dealkylation sites (tertiary alicyclic amines) is 1. The molecule has 0 spiro atoms. The highest BCUT2D eigenvalue weighted by molar-refractivity contribution is 6.46. The SMILES string of the molecule is CCCCN1C(=O)C(=O)/C(=C(/O)c2cc(OC)ccc2OC)C1c1ccc(F)cc1. The van der Waals surface area contributed by atoms with E-state index in [0.29, 0.717) is 30.0 Å². The van der Waals surface area contributed by atoms with E-state index in [1.54, 1.807) is 12.1 Å². The Morgan fingerprint density at radius 3 is 2.40 bits per heavy atom. The molecular weight excluding hydrogens is 389 g/mol. The lowest BCUT2D eigenvalue weighted by molar-refractivity contribution is -0.139. The number of aliphatic hydroxyl groups excluding tert-OH is 1. The average molecular weight is 413 g/mol. The molecular formula is C23H24FNO5. The number of carbonyl (C=O) groups is 2. The first-order valence-corrected chi connectivity index (χ1v) is 9.69. The van der Waals surface area contributed by atoms with Crippen LogP contribution in [0.4, 0.5) is 4.39 Å². The van der Waals surface area contributed by atoms with Crippen molar-refractivity contribution >= 4 is 17.4 Å². The van der Waals surface area contributed by atoms with E-state index >= 15 is 0 Å². The van der Waals surface area contributed by atoms with Gasteiger partial charge in [-0.15, -0.1) is 0 Å². The number of halogens is 1. The van der Waals surface area contributed by atoms with Crippen molar-refractivity contribution in [2.75, 3.05) is 20.8 Å². The Balaban J connectivity index is 2.22. The molecule has 7 heteroatoms. The zero-order chi connectivity index (χ0) is 21.8. The topological polar surface area (TPSA) is 76.1 Å². The molecule has 158 valence electrons. The predicted octanol–water partition coefficient (Wildman–Crippen LogP) is 4.06. The molecule has 1 aliphatic rings. The summed E-state index contributed by atoms with van der Waals surface area (Å²) in [6.07, 6.45) is 1.51. The Morgan fingerprint density at radius 1 is 1.10 bits per heavy atom. The van der Waals surface area contributed by atoms with Gasteiger partial charge >= 0.3 is 0 Å². The van der Waals surface area contributed by atoms with Crippen LogP contribution in [0.1, 0.15) is 36.9 Å². The van der Waals surface area contributed by atoms with Crippen LogP contribution < -0.4 is 9.47 Å². The van der Waals surface area contributed by atoms with E-state index in [9.17, 15) is 19.1 Å². The minimum atomic E-state index is -0.826. The molecule has 1 amide bonds. The van der Waals surface area contributed by atoms with Crippen LogP contribution in [-0.2, 0) is 9.59 Å². The normalized spacial score (nSPS) is 18.0. The van der Waals surface area contributed by atoms with Gasteiger partial charge in [0.15, 0.2) is 0 Å². The van der Waals surface area contributed by atoms with Crippen molar-refractivity contribution in [1.82, 2.24) is 4.90 Å². The highest BCUT2D eigenvalue weighted by Crippen LogP contribution is 2.41. The lowest BCUT2D eigenvalue weighted by Crippen LogP contribution is -2.30. The van der Waals surface area contributed by atoms with Gasteiger partial charge in [0.05, 0.1) is 31.4 Å². The van der Waals surface area contributed by atoms with Gasteiger partial charge < -0.3 is 19.5 Å². The van der Waals surface area contributed by atoms with Crippen molar-refractivity contribution in [3.8, 4) is 11.5 Å². The molecule has 1 N–H and O–H groups in total. The van der Waals surface area contributed by atoms with E-state index in [1.807, 2.05) is 6.92 Å². The fourth-order valence-electron chi connectivity index (χ4n) is 3.57. The van der Waals surface area contributed by atoms with Gasteiger partial charge in [0, 0.05) is 6.54 Å². The number of aliphatic hydroxyl groups is 1. The standard InChI is InChI=1S/C23H24FNO5/c1-4-5-12-25-20(14-6-8-15(24)9-7-14)19(22(27)23(25)28)21(26)17-13-16(29-2)10-11-18(17)30-3/h6-11,13,20,26H,4-5,12H2,1-3H3/b21-19+. The molecule has 2 aromatic rings. The number of benzene rings is 2. The molecule has 0 saturated carbocycles. The fraction of sp³-hybridized carbons (Fsp3) is 0.304. The summed E-state index contributed by atoms with van der Waals surface area (Å²) in [5, 5.41) is 11.1. The predicted molar refractivity (Wildman–Crippen MR) is 110 cm³/mol. The van der Waals surface area contributed by atoms with Crippen molar-refractivity contribution in [2.24, 2.45) is 0 Å². The molecule has 1 atom stereocenters. The Hall–Kier alpha value is -3.35. The molecule has 6 nitrogen and oxygen atoms in total. The second-order valence-corrected chi connectivity index (χ2v) is 6.96. The lowest BCUT2D eigenvalue weighted by atomic mass is 9.95. The van der Waals surface area contributed by atoms with E-state index < -0.39 is 23.5 Å². The third kappa shape index (κ3) is 3.87. The van der Waals surface area contributed by atoms with Crippen LogP contribution in [0.5, 0.6) is 11.5 Å². The lowest BCUT2D eigenvalue weighted by Gasteiger charge is -2.25. The van der Waals surface area contributed by atoms with Crippen LogP contribution in [0.25, 0.3) is 5.76 Å². The van der Waals surface area contributed by atoms with Crippen molar-refractivity contribution in [1.29, 1.82) is 0 Å². The zero-order valence-electron chi connectivity index (χ0n) is 17.1. The maximum atomic E-state index is 13.5. The summed E-state index contributed by atoms with van der Waals surface area (Å²) in [5.74, 6) is -1.50. The first kappa shape index (κ1) is 21.4. The molecule has 1 saturated heterocycles. The second-order valence-electron chi connectivity index (χ2n) is 6.96. The largest absolute Gasteiger partial charge is 0.507 e. The van der Waals surface area contributed by atoms with Crippen LogP contribution in [-0.4, -0.2) is 42.5 Å². The molecule has 1 aliphatic heterocycles. The number of methoxy groups -OCH3 is 2. The first-order chi connectivity index (χ1) is 14.4. The number of ketones is 1. The van der Waals surface area contributed by atoms with Crippen molar-refractivity contribution in [2.45, 2.75) is 25.8 Å². The molecule has 1 heterocycles. The summed E-state index contributed by atoms with van der Waals surface area (Å²) in [7, 11) is 2.92. The number of rotatable bonds is 7. The van der Waals surface area contributed by atoms with Gasteiger partial charge in [0.25, 0.3) is 11.7 Å². The van der Waals surface area contributed by atoms with Gasteiger partial charge in [-0.2, -0.15) is 0 Å². The Morgan fingerprint density at radius 2 is 1.80 bits per heavy atom. The van der Waals surface area contributed by atoms with Crippen molar-refractivity contribution in [3.05, 3.63) is 65.0 Å². The van der Waals surface area contributed by atoms with Gasteiger partial charge in [0.1, 0.15) is 23.1 Å². The van der Waals surface area contributed by atoms with Crippen LogP contribution >= 0.6 is 0 Å². The summed E-state index contributed by atoms with van der Waals surface area (Å²) in [6, 6.07) is 9.54. The molecule has 3 rings (SSSR count). The molecule has 2 aromatic carbocycles. The zero-order valence-corrected chi connectivity index (χ0v) is 17.1. The smallest absolute Gasteiger partial charge is 0.295 e. The fourth-order valence-corrected chi connectivity index (χ4v) is 3.57. The van der Waals surface area contributed by atoms with Crippen molar-refractivity contribution < 1.29 is 28.6 Å². The number of hydrogen-bond acceptors (Lipinski definition) is 5. The van der Waals surface area contributed by atoms with E-state index in [0.717, 1.165) is 6.42 Å². The Labute approximate surface area is 174 Å². The first-order valence-electron chi connectivity index (χ1n) is 9.69. The minimum absolute atomic E-state index is 0.0609. The third-order valence-corrected chi connectivity index (χ3v) is 5.14. The minimum Gasteiger partial charge on any atom is -0.507 e. The highest BCUT2D eigenvalue weighted by atomic mass is 19.1. The number of amides is 1. The summed E-state index contributed by atoms with van der Waals surface area (Å²) in [5.41, 5.74) is 0.710. The molecule has 1 unspecified atom stereocenters. The monoisotopic (exact) mass is 413 g/mol. The molecule has 0 aromatic heterocycles. The average Bonchev–Trinajstić information content (AvgIpc) is 3.01. The molecule has 0 radical (unpaired) electrons. The van der Waals surface area contributed by atoms with Crippen LogP contribution in [0.15, 0.2) is 48.0 Å². The van der Waals surface area contributed by atoms with E-state index in [1.165, 1.54) is 49.5 Å². The number of carbonyl (C=O) groups excluding carboxylic acids is 2.